The van der Waals surface area contributed by atoms with Gasteiger partial charge in [-0.2, -0.15) is 0 Å². The van der Waals surface area contributed by atoms with Crippen LogP contribution in [0, 0.1) is 5.92 Å². The minimum Gasteiger partial charge on any atom is -0.0662 e. The van der Waals surface area contributed by atoms with E-state index < -0.39 is 0 Å². The van der Waals surface area contributed by atoms with Crippen LogP contribution in [0.5, 0.6) is 0 Å². The van der Waals surface area contributed by atoms with Crippen molar-refractivity contribution in [1.29, 1.82) is 0 Å². The van der Waals surface area contributed by atoms with Gasteiger partial charge >= 0.3 is 0 Å². The highest BCUT2D eigenvalue weighted by Crippen LogP contribution is 2.43. The Balaban J connectivity index is 2.04. The molecular weight excluding hydrogens is 208 g/mol. The highest BCUT2D eigenvalue weighted by molar-refractivity contribution is 6.39. The molecule has 0 amide bonds. The molecule has 0 aromatic heterocycles. The SMILES string of the molecule is CC1=CC2=C(CCCC2)C1C[Si]C(C)(C)C. The maximum Gasteiger partial charge on any atom is 0.0454 e. The lowest BCUT2D eigenvalue weighted by Crippen LogP contribution is -2.15. The standard InChI is InChI=1S/C15H24Si/c1-11-9-12-7-5-6-8-13(12)14(11)10-16-15(2,3)4/h9,14H,5-8,10H2,1-4H3. The van der Waals surface area contributed by atoms with Crippen molar-refractivity contribution in [2.75, 3.05) is 0 Å². The second-order valence-corrected chi connectivity index (χ2v) is 8.59. The molecule has 1 unspecified atom stereocenters. The average molecular weight is 232 g/mol. The van der Waals surface area contributed by atoms with Crippen LogP contribution in [0.25, 0.3) is 0 Å². The molecule has 2 aliphatic rings. The van der Waals surface area contributed by atoms with Crippen molar-refractivity contribution >= 4 is 9.52 Å². The molecule has 1 atom stereocenters. The van der Waals surface area contributed by atoms with Crippen LogP contribution >= 0.6 is 0 Å². The first-order chi connectivity index (χ1) is 7.47. The smallest absolute Gasteiger partial charge is 0.0454 e. The monoisotopic (exact) mass is 232 g/mol. The number of allylic oxidation sites excluding steroid dienone is 4. The minimum absolute atomic E-state index is 0.512. The molecule has 0 aromatic rings. The van der Waals surface area contributed by atoms with E-state index in [1.54, 1.807) is 16.7 Å². The van der Waals surface area contributed by atoms with E-state index in [4.69, 9.17) is 0 Å². The quantitative estimate of drug-likeness (QED) is 0.601. The van der Waals surface area contributed by atoms with Crippen molar-refractivity contribution in [2.24, 2.45) is 5.92 Å². The van der Waals surface area contributed by atoms with Gasteiger partial charge in [-0.1, -0.05) is 44.0 Å². The van der Waals surface area contributed by atoms with E-state index in [2.05, 4.69) is 33.8 Å². The third-order valence-corrected chi connectivity index (χ3v) is 5.44. The molecule has 16 heavy (non-hydrogen) atoms. The van der Waals surface area contributed by atoms with Gasteiger partial charge in [0, 0.05) is 9.52 Å². The van der Waals surface area contributed by atoms with Crippen LogP contribution < -0.4 is 0 Å². The zero-order valence-corrected chi connectivity index (χ0v) is 12.2. The molecule has 2 rings (SSSR count). The Hall–Kier alpha value is -0.303. The largest absolute Gasteiger partial charge is 0.0662 e. The van der Waals surface area contributed by atoms with Gasteiger partial charge in [-0.05, 0) is 49.1 Å². The van der Waals surface area contributed by atoms with Gasteiger partial charge in [-0.15, -0.1) is 0 Å². The lowest BCUT2D eigenvalue weighted by atomic mass is 9.88. The molecule has 0 saturated carbocycles. The average Bonchev–Trinajstić information content (AvgIpc) is 2.49. The lowest BCUT2D eigenvalue weighted by Gasteiger charge is -2.24. The van der Waals surface area contributed by atoms with Crippen LogP contribution in [0.2, 0.25) is 11.1 Å². The lowest BCUT2D eigenvalue weighted by molar-refractivity contribution is 0.630. The van der Waals surface area contributed by atoms with Crippen LogP contribution in [-0.2, 0) is 0 Å². The molecule has 0 fully saturated rings. The molecule has 0 saturated heterocycles. The van der Waals surface area contributed by atoms with Crippen LogP contribution in [-0.4, -0.2) is 9.52 Å². The molecule has 0 spiro atoms. The first kappa shape index (κ1) is 12.2. The second kappa shape index (κ2) is 4.52. The Bertz CT molecular complexity index is 328. The third-order valence-electron chi connectivity index (χ3n) is 3.76. The van der Waals surface area contributed by atoms with E-state index >= 15 is 0 Å². The summed E-state index contributed by atoms with van der Waals surface area (Å²) >= 11 is 0. The Labute approximate surface area is 103 Å². The first-order valence-electron chi connectivity index (χ1n) is 6.62. The summed E-state index contributed by atoms with van der Waals surface area (Å²) in [6.45, 7) is 9.46. The van der Waals surface area contributed by atoms with E-state index in [0.29, 0.717) is 5.04 Å². The van der Waals surface area contributed by atoms with Gasteiger partial charge in [-0.3, -0.25) is 0 Å². The van der Waals surface area contributed by atoms with Crippen molar-refractivity contribution < 1.29 is 0 Å². The van der Waals surface area contributed by atoms with Crippen molar-refractivity contribution in [3.63, 3.8) is 0 Å². The predicted molar refractivity (Wildman–Crippen MR) is 73.0 cm³/mol. The zero-order valence-electron chi connectivity index (χ0n) is 11.2. The maximum atomic E-state index is 2.49. The van der Waals surface area contributed by atoms with Gasteiger partial charge in [0.15, 0.2) is 0 Å². The van der Waals surface area contributed by atoms with Gasteiger partial charge in [0.05, 0.1) is 0 Å². The zero-order chi connectivity index (χ0) is 11.8. The molecule has 0 aliphatic heterocycles. The number of hydrogen-bond donors (Lipinski definition) is 0. The topological polar surface area (TPSA) is 0 Å². The minimum atomic E-state index is 0.512. The van der Waals surface area contributed by atoms with E-state index in [1.807, 2.05) is 0 Å². The molecule has 0 nitrogen and oxygen atoms in total. The van der Waals surface area contributed by atoms with Gasteiger partial charge in [-0.25, -0.2) is 0 Å². The van der Waals surface area contributed by atoms with Crippen LogP contribution in [0.4, 0.5) is 0 Å². The molecule has 0 N–H and O–H groups in total. The summed E-state index contributed by atoms with van der Waals surface area (Å²) in [4.78, 5) is 0. The normalized spacial score (nSPS) is 25.8. The van der Waals surface area contributed by atoms with Crippen molar-refractivity contribution in [2.45, 2.75) is 64.5 Å². The number of rotatable bonds is 2. The molecule has 0 heterocycles. The summed E-state index contributed by atoms with van der Waals surface area (Å²) in [5.74, 6) is 0.813. The molecule has 88 valence electrons. The fourth-order valence-electron chi connectivity index (χ4n) is 2.86. The Kier molecular flexibility index (Phi) is 3.44. The first-order valence-corrected chi connectivity index (χ1v) is 7.83. The summed E-state index contributed by atoms with van der Waals surface area (Å²) in [5, 5.41) is 0.512. The highest BCUT2D eigenvalue weighted by Gasteiger charge is 2.28. The van der Waals surface area contributed by atoms with Crippen molar-refractivity contribution in [1.82, 2.24) is 0 Å². The highest BCUT2D eigenvalue weighted by atomic mass is 28.2. The Morgan fingerprint density at radius 3 is 2.62 bits per heavy atom. The van der Waals surface area contributed by atoms with Crippen molar-refractivity contribution in [3.8, 4) is 0 Å². The van der Waals surface area contributed by atoms with Crippen LogP contribution in [0.15, 0.2) is 22.8 Å². The van der Waals surface area contributed by atoms with Gasteiger partial charge in [0.1, 0.15) is 0 Å². The van der Waals surface area contributed by atoms with E-state index in [0.717, 1.165) is 15.4 Å². The summed E-state index contributed by atoms with van der Waals surface area (Å²) in [7, 11) is 1.09. The summed E-state index contributed by atoms with van der Waals surface area (Å²) in [6.07, 6.45) is 8.06. The van der Waals surface area contributed by atoms with E-state index in [1.165, 1.54) is 31.7 Å². The number of hydrogen-bond acceptors (Lipinski definition) is 0. The Morgan fingerprint density at radius 2 is 1.94 bits per heavy atom. The third kappa shape index (κ3) is 2.68. The summed E-state index contributed by atoms with van der Waals surface area (Å²) in [5.41, 5.74) is 5.15. The van der Waals surface area contributed by atoms with Gasteiger partial charge in [0.2, 0.25) is 0 Å². The summed E-state index contributed by atoms with van der Waals surface area (Å²) in [6, 6.07) is 1.39. The maximum absolute atomic E-state index is 2.49. The molecule has 2 aliphatic carbocycles. The van der Waals surface area contributed by atoms with E-state index in [-0.39, 0.29) is 0 Å². The molecule has 0 bridgehead atoms. The predicted octanol–water partition coefficient (Wildman–Crippen LogP) is 4.77. The van der Waals surface area contributed by atoms with Gasteiger partial charge in [0.25, 0.3) is 0 Å². The van der Waals surface area contributed by atoms with Crippen LogP contribution in [0.1, 0.15) is 53.4 Å². The Morgan fingerprint density at radius 1 is 1.25 bits per heavy atom. The molecular formula is C15H24Si. The van der Waals surface area contributed by atoms with Crippen LogP contribution in [0.3, 0.4) is 0 Å². The van der Waals surface area contributed by atoms with Gasteiger partial charge < -0.3 is 0 Å². The van der Waals surface area contributed by atoms with Crippen molar-refractivity contribution in [3.05, 3.63) is 22.8 Å². The molecule has 0 aromatic carbocycles. The summed E-state index contributed by atoms with van der Waals surface area (Å²) < 4.78 is 0. The van der Waals surface area contributed by atoms with E-state index in [9.17, 15) is 0 Å². The molecule has 2 radical (unpaired) electrons. The fourth-order valence-corrected chi connectivity index (χ4v) is 4.24. The fraction of sp³-hybridized carbons (Fsp3) is 0.733. The second-order valence-electron chi connectivity index (χ2n) is 6.33. The molecule has 1 heteroatoms.